The number of benzene rings is 1. The Kier molecular flexibility index (Phi) is 8.09. The summed E-state index contributed by atoms with van der Waals surface area (Å²) in [5.74, 6) is 1.04. The van der Waals surface area contributed by atoms with Gasteiger partial charge in [-0.15, -0.1) is 4.99 Å². The van der Waals surface area contributed by atoms with Gasteiger partial charge in [0, 0.05) is 30.6 Å². The second-order valence-electron chi connectivity index (χ2n) is 9.82. The topological polar surface area (TPSA) is 182 Å². The van der Waals surface area contributed by atoms with E-state index in [9.17, 15) is 5.11 Å². The highest BCUT2D eigenvalue weighted by molar-refractivity contribution is 6.04. The smallest absolute Gasteiger partial charge is 0.384 e. The SMILES string of the molecule is CCC(=NC(C)(C)CO)N/C=C(\N)C([OH2+])=NC(=N)C(C)(c1ccc(-c2cnc(N)nc2)cc1)C1CC1. The maximum atomic E-state index is 9.45. The highest BCUT2D eigenvalue weighted by Gasteiger charge is 2.46. The number of nitrogen functional groups attached to an aromatic ring is 1. The molecule has 1 heterocycles. The van der Waals surface area contributed by atoms with Crippen molar-refractivity contribution in [3.05, 3.63) is 54.1 Å². The molecule has 1 atom stereocenters. The summed E-state index contributed by atoms with van der Waals surface area (Å²) in [4.78, 5) is 16.9. The van der Waals surface area contributed by atoms with Gasteiger partial charge in [0.15, 0.2) is 5.70 Å². The third-order valence-corrected chi connectivity index (χ3v) is 6.43. The lowest BCUT2D eigenvalue weighted by Gasteiger charge is -2.29. The van der Waals surface area contributed by atoms with E-state index < -0.39 is 11.0 Å². The minimum absolute atomic E-state index is 0.0891. The predicted molar refractivity (Wildman–Crippen MR) is 145 cm³/mol. The number of hydrogen-bond acceptors (Lipinski definition) is 7. The summed E-state index contributed by atoms with van der Waals surface area (Å²) in [5, 5.41) is 29.6. The first-order valence-corrected chi connectivity index (χ1v) is 12.0. The first-order chi connectivity index (χ1) is 17.0. The van der Waals surface area contributed by atoms with Gasteiger partial charge >= 0.3 is 5.90 Å². The molecular weight excluding hydrogens is 456 g/mol. The standard InChI is InChI=1S/C26H36N8O2/c1-5-21(34-25(2,3)15-35)30-14-20(27)22(36)33-23(28)26(4,19-10-11-19)18-8-6-16(7-9-18)17-12-31-24(29)32-13-17/h6-9,12-14,19,35H,5,10-11,15,27H2,1-4H3,(H,30,34)(H2,28,33,36)(H2,29,31,32)/p+1/b20-14-. The maximum Gasteiger partial charge on any atom is 0.384 e. The lowest BCUT2D eigenvalue weighted by atomic mass is 9.76. The van der Waals surface area contributed by atoms with Gasteiger partial charge in [-0.05, 0) is 50.7 Å². The zero-order valence-corrected chi connectivity index (χ0v) is 21.3. The number of aliphatic hydroxyl groups is 1. The van der Waals surface area contributed by atoms with Gasteiger partial charge in [-0.2, -0.15) is 0 Å². The van der Waals surface area contributed by atoms with E-state index >= 15 is 0 Å². The largest absolute Gasteiger partial charge is 0.577 e. The van der Waals surface area contributed by atoms with Crippen molar-refractivity contribution >= 4 is 23.5 Å². The monoisotopic (exact) mass is 493 g/mol. The van der Waals surface area contributed by atoms with Crippen molar-refractivity contribution in [1.82, 2.24) is 15.3 Å². The van der Waals surface area contributed by atoms with E-state index in [2.05, 4.69) is 25.3 Å². The number of amidine groups is 2. The average molecular weight is 494 g/mol. The van der Waals surface area contributed by atoms with Crippen LogP contribution in [-0.4, -0.2) is 49.9 Å². The first kappa shape index (κ1) is 26.8. The van der Waals surface area contributed by atoms with Crippen molar-refractivity contribution in [2.24, 2.45) is 21.6 Å². The van der Waals surface area contributed by atoms with Crippen molar-refractivity contribution in [3.8, 4) is 11.1 Å². The Morgan fingerprint density at radius 2 is 1.81 bits per heavy atom. The minimum Gasteiger partial charge on any atom is -0.577 e. The summed E-state index contributed by atoms with van der Waals surface area (Å²) >= 11 is 0. The van der Waals surface area contributed by atoms with Crippen LogP contribution in [0.3, 0.4) is 0 Å². The molecule has 0 aliphatic heterocycles. The van der Waals surface area contributed by atoms with E-state index in [4.69, 9.17) is 22.0 Å². The van der Waals surface area contributed by atoms with Crippen molar-refractivity contribution < 1.29 is 10.2 Å². The van der Waals surface area contributed by atoms with Crippen LogP contribution in [0.15, 0.2) is 58.5 Å². The highest BCUT2D eigenvalue weighted by Crippen LogP contribution is 2.48. The molecule has 0 spiro atoms. The van der Waals surface area contributed by atoms with Gasteiger partial charge in [-0.3, -0.25) is 10.4 Å². The number of nitrogens with one attached hydrogen (secondary N) is 2. The lowest BCUT2D eigenvalue weighted by molar-refractivity contribution is 0.222. The number of nitrogens with two attached hydrogens (primary N) is 2. The molecule has 0 amide bonds. The van der Waals surface area contributed by atoms with Crippen LogP contribution in [0.5, 0.6) is 0 Å². The first-order valence-electron chi connectivity index (χ1n) is 12.0. The molecule has 1 saturated carbocycles. The number of aliphatic hydroxyl groups excluding tert-OH is 1. The van der Waals surface area contributed by atoms with Gasteiger partial charge in [-0.1, -0.05) is 31.2 Å². The van der Waals surface area contributed by atoms with E-state index in [1.54, 1.807) is 12.4 Å². The Morgan fingerprint density at radius 3 is 2.33 bits per heavy atom. The number of aromatic nitrogens is 2. The van der Waals surface area contributed by atoms with Crippen molar-refractivity contribution in [2.75, 3.05) is 12.3 Å². The van der Waals surface area contributed by atoms with Gasteiger partial charge in [0.2, 0.25) is 5.95 Å². The van der Waals surface area contributed by atoms with Gasteiger partial charge in [0.25, 0.3) is 0 Å². The normalized spacial score (nSPS) is 17.0. The van der Waals surface area contributed by atoms with Crippen molar-refractivity contribution in [3.63, 3.8) is 0 Å². The molecule has 36 heavy (non-hydrogen) atoms. The summed E-state index contributed by atoms with van der Waals surface area (Å²) < 4.78 is 0. The molecule has 10 nitrogen and oxygen atoms in total. The summed E-state index contributed by atoms with van der Waals surface area (Å²) in [6.45, 7) is 7.49. The molecule has 0 saturated heterocycles. The maximum absolute atomic E-state index is 9.45. The van der Waals surface area contributed by atoms with Gasteiger partial charge < -0.3 is 27.0 Å². The Balaban J connectivity index is 1.81. The molecule has 0 radical (unpaired) electrons. The molecule has 9 N–H and O–H groups in total. The summed E-state index contributed by atoms with van der Waals surface area (Å²) in [7, 11) is 0. The third-order valence-electron chi connectivity index (χ3n) is 6.43. The van der Waals surface area contributed by atoms with Gasteiger partial charge in [-0.25, -0.2) is 9.97 Å². The quantitative estimate of drug-likeness (QED) is 0.203. The van der Waals surface area contributed by atoms with E-state index in [0.717, 1.165) is 29.5 Å². The van der Waals surface area contributed by atoms with Crippen molar-refractivity contribution in [2.45, 2.75) is 57.9 Å². The van der Waals surface area contributed by atoms with Gasteiger partial charge in [0.05, 0.1) is 17.6 Å². The third kappa shape index (κ3) is 6.25. The molecule has 0 bridgehead atoms. The molecule has 1 aliphatic rings. The fourth-order valence-corrected chi connectivity index (χ4v) is 3.86. The van der Waals surface area contributed by atoms with Crippen LogP contribution < -0.4 is 16.8 Å². The molecule has 192 valence electrons. The van der Waals surface area contributed by atoms with E-state index in [0.29, 0.717) is 12.3 Å². The molecule has 1 aliphatic carbocycles. The fourth-order valence-electron chi connectivity index (χ4n) is 3.86. The number of hydrogen-bond donors (Lipinski definition) is 5. The Hall–Kier alpha value is -3.79. The summed E-state index contributed by atoms with van der Waals surface area (Å²) in [5.41, 5.74) is 13.3. The van der Waals surface area contributed by atoms with Crippen LogP contribution in [-0.2, 0) is 5.41 Å². The molecule has 1 fully saturated rings. The predicted octanol–water partition coefficient (Wildman–Crippen LogP) is 2.46. The molecule has 1 aromatic heterocycles. The van der Waals surface area contributed by atoms with E-state index in [-0.39, 0.29) is 35.9 Å². The number of rotatable bonds is 9. The lowest BCUT2D eigenvalue weighted by Crippen LogP contribution is -2.34. The second kappa shape index (κ2) is 10.9. The van der Waals surface area contributed by atoms with Crippen LogP contribution in [0, 0.1) is 11.3 Å². The number of anilines is 1. The molecule has 3 rings (SSSR count). The molecule has 10 heteroatoms. The van der Waals surface area contributed by atoms with E-state index in [1.807, 2.05) is 52.0 Å². The Bertz CT molecular complexity index is 1170. The van der Waals surface area contributed by atoms with Crippen LogP contribution >= 0.6 is 0 Å². The van der Waals surface area contributed by atoms with Crippen LogP contribution in [0.1, 0.15) is 52.5 Å². The van der Waals surface area contributed by atoms with Crippen LogP contribution in [0.25, 0.3) is 11.1 Å². The second-order valence-corrected chi connectivity index (χ2v) is 9.82. The molecule has 1 aromatic carbocycles. The minimum atomic E-state index is -0.642. The zero-order valence-electron chi connectivity index (χ0n) is 21.3. The molecule has 2 aromatic rings. The Labute approximate surface area is 211 Å². The summed E-state index contributed by atoms with van der Waals surface area (Å²) in [6.07, 6.45) is 7.42. The van der Waals surface area contributed by atoms with E-state index in [1.165, 1.54) is 6.20 Å². The Morgan fingerprint density at radius 1 is 1.19 bits per heavy atom. The highest BCUT2D eigenvalue weighted by atomic mass is 16.3. The average Bonchev–Trinajstić information content (AvgIpc) is 3.72. The molecule has 1 unspecified atom stereocenters. The summed E-state index contributed by atoms with van der Waals surface area (Å²) in [6, 6.07) is 7.93. The number of nitrogens with zero attached hydrogens (tertiary/aromatic N) is 4. The molecular formula is C26H37N8O2+. The van der Waals surface area contributed by atoms with Gasteiger partial charge in [0.1, 0.15) is 11.7 Å². The van der Waals surface area contributed by atoms with Crippen molar-refractivity contribution in [1.29, 1.82) is 5.41 Å². The fraction of sp³-hybridized carbons (Fsp3) is 0.423. The number of aliphatic imine (C=N–C) groups is 2. The van der Waals surface area contributed by atoms with Crippen LogP contribution in [0.4, 0.5) is 5.95 Å². The zero-order chi connectivity index (χ0) is 26.5. The van der Waals surface area contributed by atoms with Crippen LogP contribution in [0.2, 0.25) is 0 Å².